The van der Waals surface area contributed by atoms with Crippen molar-refractivity contribution in [1.29, 1.82) is 0 Å². The summed E-state index contributed by atoms with van der Waals surface area (Å²) in [5, 5.41) is 11.1. The van der Waals surface area contributed by atoms with Crippen molar-refractivity contribution in [3.8, 4) is 0 Å². The zero-order valence-corrected chi connectivity index (χ0v) is 11.5. The van der Waals surface area contributed by atoms with Crippen LogP contribution in [-0.4, -0.2) is 39.6 Å². The van der Waals surface area contributed by atoms with Gasteiger partial charge in [-0.15, -0.1) is 0 Å². The fraction of sp³-hybridized carbons (Fsp3) is 0.375. The third-order valence-corrected chi connectivity index (χ3v) is 3.82. The second-order valence-corrected chi connectivity index (χ2v) is 5.55. The van der Waals surface area contributed by atoms with E-state index in [-0.39, 0.29) is 5.91 Å². The number of fused-ring (bicyclic) bond motifs is 1. The van der Waals surface area contributed by atoms with E-state index < -0.39 is 5.60 Å². The number of rotatable bonds is 3. The Morgan fingerprint density at radius 3 is 2.95 bits per heavy atom. The van der Waals surface area contributed by atoms with Crippen LogP contribution < -0.4 is 0 Å². The monoisotopic (exact) mass is 270 g/mol. The Kier molecular flexibility index (Phi) is 3.18. The lowest BCUT2D eigenvalue weighted by atomic mass is 9.88. The van der Waals surface area contributed by atoms with E-state index in [9.17, 15) is 9.90 Å². The summed E-state index contributed by atoms with van der Waals surface area (Å²) in [6.07, 6.45) is 3.42. The Bertz CT molecular complexity index is 648. The van der Waals surface area contributed by atoms with Crippen molar-refractivity contribution in [1.82, 2.24) is 9.88 Å². The van der Waals surface area contributed by atoms with Crippen LogP contribution in [0.5, 0.6) is 0 Å². The number of aliphatic hydroxyl groups is 1. The summed E-state index contributed by atoms with van der Waals surface area (Å²) in [5.41, 5.74) is 0.863. The SMILES string of the molecule is CCCC1(O)CN(C(=O)c2ccc3ncccc3c2)C1. The lowest BCUT2D eigenvalue weighted by molar-refractivity contribution is -0.0860. The van der Waals surface area contributed by atoms with E-state index in [1.807, 2.05) is 31.2 Å². The van der Waals surface area contributed by atoms with Gasteiger partial charge in [0.25, 0.3) is 5.91 Å². The summed E-state index contributed by atoms with van der Waals surface area (Å²) in [5.74, 6) is -0.0171. The van der Waals surface area contributed by atoms with Crippen LogP contribution in [0.4, 0.5) is 0 Å². The quantitative estimate of drug-likeness (QED) is 0.930. The molecule has 4 nitrogen and oxygen atoms in total. The molecule has 0 aliphatic carbocycles. The maximum atomic E-state index is 12.4. The van der Waals surface area contributed by atoms with Gasteiger partial charge in [-0.25, -0.2) is 0 Å². The van der Waals surface area contributed by atoms with Gasteiger partial charge in [-0.1, -0.05) is 19.4 Å². The summed E-state index contributed by atoms with van der Waals surface area (Å²) in [6, 6.07) is 9.33. The van der Waals surface area contributed by atoms with Crippen molar-refractivity contribution in [2.45, 2.75) is 25.4 Å². The molecule has 104 valence electrons. The first-order chi connectivity index (χ1) is 9.61. The molecule has 1 aromatic carbocycles. The van der Waals surface area contributed by atoms with Gasteiger partial charge in [0.2, 0.25) is 0 Å². The van der Waals surface area contributed by atoms with Crippen LogP contribution in [0.2, 0.25) is 0 Å². The number of carbonyl (C=O) groups excluding carboxylic acids is 1. The Balaban J connectivity index is 1.77. The molecule has 20 heavy (non-hydrogen) atoms. The van der Waals surface area contributed by atoms with Gasteiger partial charge in [-0.2, -0.15) is 0 Å². The first-order valence-electron chi connectivity index (χ1n) is 6.98. The van der Waals surface area contributed by atoms with Crippen molar-refractivity contribution < 1.29 is 9.90 Å². The zero-order valence-electron chi connectivity index (χ0n) is 11.5. The van der Waals surface area contributed by atoms with Crippen LogP contribution in [-0.2, 0) is 0 Å². The van der Waals surface area contributed by atoms with E-state index in [1.165, 1.54) is 0 Å². The summed E-state index contributed by atoms with van der Waals surface area (Å²) in [6.45, 7) is 2.91. The van der Waals surface area contributed by atoms with Gasteiger partial charge < -0.3 is 10.0 Å². The number of benzene rings is 1. The lowest BCUT2D eigenvalue weighted by Gasteiger charge is -2.46. The molecule has 1 saturated heterocycles. The third kappa shape index (κ3) is 2.27. The Morgan fingerprint density at radius 2 is 2.20 bits per heavy atom. The van der Waals surface area contributed by atoms with Crippen LogP contribution in [0.1, 0.15) is 30.1 Å². The number of hydrogen-bond acceptors (Lipinski definition) is 3. The van der Waals surface area contributed by atoms with E-state index in [2.05, 4.69) is 4.98 Å². The largest absolute Gasteiger partial charge is 0.386 e. The van der Waals surface area contributed by atoms with Gasteiger partial charge in [-0.3, -0.25) is 9.78 Å². The van der Waals surface area contributed by atoms with Crippen molar-refractivity contribution in [3.05, 3.63) is 42.1 Å². The van der Waals surface area contributed by atoms with E-state index in [1.54, 1.807) is 17.2 Å². The minimum Gasteiger partial charge on any atom is -0.386 e. The number of likely N-dealkylation sites (tertiary alicyclic amines) is 1. The standard InChI is InChI=1S/C16H18N2O2/c1-2-7-16(20)10-18(11-16)15(19)13-5-6-14-12(9-13)4-3-8-17-14/h3-6,8-9,20H,2,7,10-11H2,1H3. The van der Waals surface area contributed by atoms with Crippen molar-refractivity contribution >= 4 is 16.8 Å². The highest BCUT2D eigenvalue weighted by Gasteiger charge is 2.42. The molecule has 0 spiro atoms. The van der Waals surface area contributed by atoms with Crippen LogP contribution in [0, 0.1) is 0 Å². The average Bonchev–Trinajstić information content (AvgIpc) is 2.43. The van der Waals surface area contributed by atoms with E-state index in [0.29, 0.717) is 18.7 Å². The van der Waals surface area contributed by atoms with Gasteiger partial charge >= 0.3 is 0 Å². The third-order valence-electron chi connectivity index (χ3n) is 3.82. The maximum Gasteiger partial charge on any atom is 0.254 e. The second-order valence-electron chi connectivity index (χ2n) is 5.55. The maximum absolute atomic E-state index is 12.4. The Morgan fingerprint density at radius 1 is 1.40 bits per heavy atom. The van der Waals surface area contributed by atoms with E-state index in [0.717, 1.165) is 23.7 Å². The molecular weight excluding hydrogens is 252 g/mol. The highest BCUT2D eigenvalue weighted by Crippen LogP contribution is 2.27. The van der Waals surface area contributed by atoms with Gasteiger partial charge in [-0.05, 0) is 30.7 Å². The predicted molar refractivity (Wildman–Crippen MR) is 77.5 cm³/mol. The van der Waals surface area contributed by atoms with Gasteiger partial charge in [0, 0.05) is 17.1 Å². The molecule has 0 atom stereocenters. The van der Waals surface area contributed by atoms with Crippen molar-refractivity contribution in [2.75, 3.05) is 13.1 Å². The number of pyridine rings is 1. The predicted octanol–water partition coefficient (Wildman–Crippen LogP) is 2.22. The topological polar surface area (TPSA) is 53.4 Å². The number of nitrogens with zero attached hydrogens (tertiary/aromatic N) is 2. The lowest BCUT2D eigenvalue weighted by Crippen LogP contribution is -2.63. The number of carbonyl (C=O) groups is 1. The molecule has 0 unspecified atom stereocenters. The van der Waals surface area contributed by atoms with Gasteiger partial charge in [0.15, 0.2) is 0 Å². The van der Waals surface area contributed by atoms with Crippen molar-refractivity contribution in [2.24, 2.45) is 0 Å². The van der Waals surface area contributed by atoms with Crippen LogP contribution in [0.3, 0.4) is 0 Å². The summed E-state index contributed by atoms with van der Waals surface area (Å²) in [4.78, 5) is 18.3. The molecule has 2 heterocycles. The normalized spacial score (nSPS) is 17.0. The molecule has 0 bridgehead atoms. The van der Waals surface area contributed by atoms with Crippen molar-refractivity contribution in [3.63, 3.8) is 0 Å². The van der Waals surface area contributed by atoms with Gasteiger partial charge in [0.1, 0.15) is 0 Å². The van der Waals surface area contributed by atoms with Crippen LogP contribution in [0.25, 0.3) is 10.9 Å². The average molecular weight is 270 g/mol. The minimum atomic E-state index is -0.678. The number of β-amino-alcohol motifs (C(OH)–C–C–N with tert-alkyl or cyclic N) is 1. The minimum absolute atomic E-state index is 0.0171. The van der Waals surface area contributed by atoms with Crippen LogP contribution in [0.15, 0.2) is 36.5 Å². The van der Waals surface area contributed by atoms with E-state index >= 15 is 0 Å². The number of aromatic nitrogens is 1. The molecule has 1 aromatic heterocycles. The number of hydrogen-bond donors (Lipinski definition) is 1. The molecule has 2 aromatic rings. The Hall–Kier alpha value is -1.94. The number of amides is 1. The molecule has 0 saturated carbocycles. The highest BCUT2D eigenvalue weighted by atomic mass is 16.3. The highest BCUT2D eigenvalue weighted by molar-refractivity contribution is 5.98. The second kappa shape index (κ2) is 4.87. The first-order valence-corrected chi connectivity index (χ1v) is 6.98. The first kappa shape index (κ1) is 13.1. The summed E-state index contributed by atoms with van der Waals surface area (Å²) in [7, 11) is 0. The molecule has 1 amide bonds. The van der Waals surface area contributed by atoms with Gasteiger partial charge in [0.05, 0.1) is 24.2 Å². The molecule has 0 radical (unpaired) electrons. The Labute approximate surface area is 118 Å². The zero-order chi connectivity index (χ0) is 14.2. The molecule has 1 aliphatic rings. The summed E-state index contributed by atoms with van der Waals surface area (Å²) >= 11 is 0. The molecule has 3 rings (SSSR count). The molecule has 1 N–H and O–H groups in total. The molecular formula is C16H18N2O2. The molecule has 1 fully saturated rings. The fourth-order valence-corrected chi connectivity index (χ4v) is 2.82. The van der Waals surface area contributed by atoms with E-state index in [4.69, 9.17) is 0 Å². The molecule has 1 aliphatic heterocycles. The molecule has 4 heteroatoms. The fourth-order valence-electron chi connectivity index (χ4n) is 2.82. The summed E-state index contributed by atoms with van der Waals surface area (Å²) < 4.78 is 0. The smallest absolute Gasteiger partial charge is 0.254 e. The van der Waals surface area contributed by atoms with Crippen LogP contribution >= 0.6 is 0 Å².